The fourth-order valence-electron chi connectivity index (χ4n) is 21.7. The van der Waals surface area contributed by atoms with Crippen molar-refractivity contribution in [3.8, 4) is 111 Å². The van der Waals surface area contributed by atoms with Gasteiger partial charge in [0.25, 0.3) is 13.4 Å². The minimum absolute atomic E-state index is 0.00212. The summed E-state index contributed by atoms with van der Waals surface area (Å²) >= 11 is 0. The van der Waals surface area contributed by atoms with Crippen LogP contribution in [0.4, 0.5) is 85.3 Å². The second-order valence-corrected chi connectivity index (χ2v) is 39.6. The molecule has 20 aromatic rings. The van der Waals surface area contributed by atoms with E-state index in [1.54, 1.807) is 6.07 Å². The van der Waals surface area contributed by atoms with Gasteiger partial charge >= 0.3 is 0 Å². The summed E-state index contributed by atoms with van der Waals surface area (Å²) < 4.78 is 189. The van der Waals surface area contributed by atoms with Crippen LogP contribution in [0.25, 0.3) is 111 Å². The number of hydrogen-bond donors (Lipinski definition) is 0. The molecule has 0 aromatic heterocycles. The summed E-state index contributed by atoms with van der Waals surface area (Å²) in [6.45, 7) is 16.3. The van der Waals surface area contributed by atoms with Crippen LogP contribution < -0.4 is 57.3 Å². The second kappa shape index (κ2) is 33.2. The summed E-state index contributed by atoms with van der Waals surface area (Å²) in [6.07, 6.45) is 0. The molecule has 0 N–H and O–H groups in total. The van der Waals surface area contributed by atoms with Crippen molar-refractivity contribution in [1.82, 2.24) is 0 Å². The SMILES string of the molecule is [2H]c1cc2c3c(c1[2H])N(c1c(-c4ccccc4)cccc1-c1ccccc1)c1c([2H])c([2H])c([2H])c4c1B3c1c(c([2H])c3c(c1N4c1c(-c4ccccc4)cccc1-c1ccccc1)B1c4c(cc(C(C)(C)C)cc4N(c4c(-c5ccccc5)cc(C(C)(C)C)cc4-c4ccccc4)c4c([2H])c(-c5c([2H])c([2H])c([2H])c([2H])c5[2H])c([2H])c([2H])c41)N3c1ccc(C(C)(C)C)cc1-c1ccccc1)N2c1c(-c2ccccc2)c([2H])c([2H])c([2H])c1-c1ccccc1. The molecule has 5 aliphatic rings. The molecule has 5 heterocycles. The Morgan fingerprint density at radius 3 is 0.978 bits per heavy atom. The Morgan fingerprint density at radius 2 is 0.518 bits per heavy atom. The van der Waals surface area contributed by atoms with Gasteiger partial charge in [-0.25, -0.2) is 0 Å². The maximum Gasteiger partial charge on any atom is 0.257 e. The molecular weight excluding hydrogens is 1680 g/mol. The van der Waals surface area contributed by atoms with Gasteiger partial charge in [-0.15, -0.1) is 0 Å². The van der Waals surface area contributed by atoms with Gasteiger partial charge in [0, 0.05) is 107 Å². The molecule has 0 saturated heterocycles. The molecule has 7 heteroatoms. The number of nitrogens with zero attached hydrogens (tertiary/aromatic N) is 5. The number of rotatable bonds is 15. The zero-order valence-corrected chi connectivity index (χ0v) is 78.5. The molecule has 0 radical (unpaired) electrons. The normalized spacial score (nSPS) is 14.8. The van der Waals surface area contributed by atoms with E-state index < -0.39 is 113 Å². The van der Waals surface area contributed by atoms with Crippen molar-refractivity contribution >= 4 is 132 Å². The molecule has 0 atom stereocenters. The highest BCUT2D eigenvalue weighted by atomic mass is 15.3. The average molecular weight is 1800 g/mol. The van der Waals surface area contributed by atoms with Gasteiger partial charge in [-0.2, -0.15) is 0 Å². The predicted octanol–water partition coefficient (Wildman–Crippen LogP) is 32.2. The van der Waals surface area contributed by atoms with Crippen molar-refractivity contribution in [2.45, 2.75) is 78.6 Å². The first-order chi connectivity index (χ1) is 75.0. The van der Waals surface area contributed by atoms with E-state index in [9.17, 15) is 23.3 Å². The Labute approximate surface area is 841 Å². The van der Waals surface area contributed by atoms with Crippen LogP contribution in [0.3, 0.4) is 0 Å². The van der Waals surface area contributed by atoms with E-state index in [0.29, 0.717) is 106 Å². The van der Waals surface area contributed by atoms with E-state index in [0.717, 1.165) is 44.5 Å². The molecule has 0 amide bonds. The number of anilines is 15. The molecular formula is C132H103B2N5. The topological polar surface area (TPSA) is 16.2 Å². The lowest BCUT2D eigenvalue weighted by molar-refractivity contribution is 0.590. The minimum atomic E-state index is -1.61. The van der Waals surface area contributed by atoms with Crippen molar-refractivity contribution in [3.63, 3.8) is 0 Å². The van der Waals surface area contributed by atoms with Gasteiger partial charge in [-0.05, 0) is 200 Å². The molecule has 25 rings (SSSR count). The molecule has 662 valence electrons. The van der Waals surface area contributed by atoms with Gasteiger partial charge in [0.2, 0.25) is 0 Å². The van der Waals surface area contributed by atoms with Crippen molar-refractivity contribution in [1.29, 1.82) is 0 Å². The molecule has 5 aliphatic heterocycles. The smallest absolute Gasteiger partial charge is 0.257 e. The quantitative estimate of drug-likeness (QED) is 0.0948. The van der Waals surface area contributed by atoms with Gasteiger partial charge in [0.05, 0.1) is 51.7 Å². The maximum absolute atomic E-state index is 13.5. The molecule has 0 unspecified atom stereocenters. The first-order valence-corrected chi connectivity index (χ1v) is 47.6. The van der Waals surface area contributed by atoms with Gasteiger partial charge in [-0.3, -0.25) is 0 Å². The Balaban J connectivity index is 1.00. The monoisotopic (exact) mass is 1800 g/mol. The van der Waals surface area contributed by atoms with E-state index in [1.807, 2.05) is 307 Å². The second-order valence-electron chi connectivity index (χ2n) is 39.6. The summed E-state index contributed by atoms with van der Waals surface area (Å²) in [6, 6.07) is 108. The number of hydrogen-bond acceptors (Lipinski definition) is 5. The van der Waals surface area contributed by atoms with E-state index in [4.69, 9.17) is 0 Å². The minimum Gasteiger partial charge on any atom is -0.311 e. The van der Waals surface area contributed by atoms with Crippen molar-refractivity contribution in [2.75, 3.05) is 24.5 Å². The van der Waals surface area contributed by atoms with Crippen LogP contribution in [0, 0.1) is 0 Å². The van der Waals surface area contributed by atoms with Crippen LogP contribution in [0.15, 0.2) is 461 Å². The molecule has 0 saturated carbocycles. The lowest BCUT2D eigenvalue weighted by atomic mass is 9.28. The molecule has 139 heavy (non-hydrogen) atoms. The Bertz CT molecular complexity index is 9080. The summed E-state index contributed by atoms with van der Waals surface area (Å²) in [4.78, 5) is 10.1. The molecule has 0 bridgehead atoms. The fraction of sp³-hybridized carbons (Fsp3) is 0.0909. The largest absolute Gasteiger partial charge is 0.311 e. The van der Waals surface area contributed by atoms with Gasteiger partial charge in [-0.1, -0.05) is 450 Å². The third kappa shape index (κ3) is 13.9. The number of fused-ring (bicyclic) bond motifs is 5. The van der Waals surface area contributed by atoms with Gasteiger partial charge in [0.1, 0.15) is 0 Å². The predicted molar refractivity (Wildman–Crippen MR) is 593 cm³/mol. The molecule has 5 nitrogen and oxygen atoms in total. The summed E-state index contributed by atoms with van der Waals surface area (Å²) in [5.74, 6) is 0. The highest BCUT2D eigenvalue weighted by molar-refractivity contribution is 7.06. The highest BCUT2D eigenvalue weighted by Crippen LogP contribution is 2.62. The Morgan fingerprint density at radius 1 is 0.180 bits per heavy atom. The van der Waals surface area contributed by atoms with Crippen molar-refractivity contribution in [3.05, 3.63) is 477 Å². The lowest BCUT2D eigenvalue weighted by Gasteiger charge is -2.53. The van der Waals surface area contributed by atoms with Crippen LogP contribution >= 0.6 is 0 Å². The highest BCUT2D eigenvalue weighted by Gasteiger charge is 2.56. The van der Waals surface area contributed by atoms with Gasteiger partial charge < -0.3 is 24.5 Å². The standard InChI is InChI=1S/C132H103B2N5/c1-130(2,3)97-76-78-110(106(80-97)93-59-34-17-35-60-93)135-116-83-99(132(7,8)9)84-117-122(116)133(109-77-75-96(86-45-20-10-21-46-86)79-115(109)138(117)128-107(94-61-36-18-37-62-94)81-98(131(4,5)6)82-108(128)95-63-38-19-39-64-95)123-118(135)85-119-124-129(123)139(127-104(91-55-30-15-31-56-91)69-42-70-105(127)92-57-32-16-33-58-92)114-74-44-72-112-121(114)134(124)120-111(136(112)125-100(87-47-22-11-23-48-87)65-40-66-101(125)88-49-24-12-25-50-88)71-43-73-113(120)137(119)126-102(89-51-26-13-27-52-89)67-41-68-103(126)90-53-28-14-29-54-90/h10-85H,1-9H3/i10D,20D,21D,41D,43D,44D,45D,46D,67D,68D,71D,72D,74D,75D,77D,79D,85D. The summed E-state index contributed by atoms with van der Waals surface area (Å²) in [5, 5.41) is 0. The first kappa shape index (κ1) is 67.7. The van der Waals surface area contributed by atoms with E-state index in [-0.39, 0.29) is 114 Å². The molecule has 0 aliphatic carbocycles. The zero-order valence-electron chi connectivity index (χ0n) is 95.5. The Hall–Kier alpha value is -16.5. The fourth-order valence-corrected chi connectivity index (χ4v) is 21.7. The summed E-state index contributed by atoms with van der Waals surface area (Å²) in [7, 11) is 0. The van der Waals surface area contributed by atoms with Crippen molar-refractivity contribution in [2.24, 2.45) is 0 Å². The van der Waals surface area contributed by atoms with E-state index in [2.05, 4.69) is 132 Å². The maximum atomic E-state index is 13.5. The lowest BCUT2D eigenvalue weighted by Crippen LogP contribution is -2.69. The third-order valence-electron chi connectivity index (χ3n) is 28.3. The zero-order chi connectivity index (χ0) is 108. The summed E-state index contributed by atoms with van der Waals surface area (Å²) in [5.41, 5.74) is 15.4. The van der Waals surface area contributed by atoms with E-state index in [1.165, 1.54) is 0 Å². The first-order valence-electron chi connectivity index (χ1n) is 56.1. The van der Waals surface area contributed by atoms with E-state index >= 15 is 0 Å². The third-order valence-corrected chi connectivity index (χ3v) is 28.3. The molecule has 20 aromatic carbocycles. The Kier molecular flexibility index (Phi) is 16.2. The van der Waals surface area contributed by atoms with Crippen LogP contribution in [0.5, 0.6) is 0 Å². The number of para-hydroxylation sites is 3. The number of benzene rings is 20. The molecule has 0 spiro atoms. The van der Waals surface area contributed by atoms with Crippen LogP contribution in [0.1, 0.15) is 102 Å². The van der Waals surface area contributed by atoms with Crippen LogP contribution in [-0.2, 0) is 16.2 Å². The van der Waals surface area contributed by atoms with Crippen molar-refractivity contribution < 1.29 is 23.3 Å². The van der Waals surface area contributed by atoms with Crippen LogP contribution in [-0.4, -0.2) is 13.4 Å². The average Bonchev–Trinajstić information content (AvgIpc) is 0.644. The van der Waals surface area contributed by atoms with Gasteiger partial charge in [0.15, 0.2) is 0 Å². The molecule has 0 fully saturated rings. The van der Waals surface area contributed by atoms with Crippen LogP contribution in [0.2, 0.25) is 0 Å².